The molecule has 1 rings (SSSR count). The van der Waals surface area contributed by atoms with Gasteiger partial charge in [0.05, 0.1) is 18.1 Å². The third-order valence-corrected chi connectivity index (χ3v) is 5.61. The molecule has 1 heterocycles. The van der Waals surface area contributed by atoms with E-state index in [1.807, 2.05) is 0 Å². The second-order valence-electron chi connectivity index (χ2n) is 3.09. The van der Waals surface area contributed by atoms with E-state index < -0.39 is 25.2 Å². The molecule has 5 nitrogen and oxygen atoms in total. The van der Waals surface area contributed by atoms with Gasteiger partial charge >= 0.3 is 0 Å². The molecule has 0 bridgehead atoms. The highest BCUT2D eigenvalue weighted by molar-refractivity contribution is 7.94. The van der Waals surface area contributed by atoms with Crippen molar-refractivity contribution < 1.29 is 21.0 Å². The Hall–Kier alpha value is -0.400. The summed E-state index contributed by atoms with van der Waals surface area (Å²) in [5.74, 6) is -0.402. The monoisotopic (exact) mass is 240 g/mol. The Morgan fingerprint density at radius 1 is 1.50 bits per heavy atom. The largest absolute Gasteiger partial charge is 0.271 e. The highest BCUT2D eigenvalue weighted by Crippen LogP contribution is 2.20. The summed E-state index contributed by atoms with van der Waals surface area (Å²) < 4.78 is 49.3. The highest BCUT2D eigenvalue weighted by Gasteiger charge is 2.37. The van der Waals surface area contributed by atoms with Crippen LogP contribution in [0.15, 0.2) is 12.7 Å². The number of sulfone groups is 1. The van der Waals surface area contributed by atoms with Crippen LogP contribution in [0.3, 0.4) is 0 Å². The van der Waals surface area contributed by atoms with Crippen molar-refractivity contribution in [2.75, 3.05) is 18.1 Å². The van der Waals surface area contributed by atoms with Gasteiger partial charge in [-0.2, -0.15) is 8.42 Å². The molecule has 82 valence electrons. The van der Waals surface area contributed by atoms with Crippen LogP contribution in [0, 0.1) is 0 Å². The predicted octanol–water partition coefficient (Wildman–Crippen LogP) is -0.294. The Balaban J connectivity index is 2.71. The van der Waals surface area contributed by atoms with Gasteiger partial charge in [0, 0.05) is 0 Å². The predicted molar refractivity (Wildman–Crippen MR) is 52.1 cm³/mol. The first-order valence-corrected chi connectivity index (χ1v) is 7.36. The van der Waals surface area contributed by atoms with Crippen LogP contribution in [0.25, 0.3) is 0 Å². The van der Waals surface area contributed by atoms with Gasteiger partial charge in [-0.25, -0.2) is 8.42 Å². The van der Waals surface area contributed by atoms with Crippen molar-refractivity contribution in [1.29, 1.82) is 0 Å². The molecule has 1 aliphatic rings. The average molecular weight is 240 g/mol. The SMILES string of the molecule is C=CCOS(=O)(=O)[C@H]1CCS(=O)(=O)C1. The smallest absolute Gasteiger partial charge is 0.266 e. The molecule has 0 N–H and O–H groups in total. The Morgan fingerprint density at radius 2 is 2.14 bits per heavy atom. The fraction of sp³-hybridized carbons (Fsp3) is 0.714. The Kier molecular flexibility index (Phi) is 3.33. The summed E-state index contributed by atoms with van der Waals surface area (Å²) in [4.78, 5) is 0. The van der Waals surface area contributed by atoms with Crippen LogP contribution in [-0.2, 0) is 24.1 Å². The molecule has 0 unspecified atom stereocenters. The molecule has 1 fully saturated rings. The maximum atomic E-state index is 11.3. The highest BCUT2D eigenvalue weighted by atomic mass is 32.2. The number of hydrogen-bond donors (Lipinski definition) is 0. The van der Waals surface area contributed by atoms with E-state index in [1.165, 1.54) is 6.08 Å². The van der Waals surface area contributed by atoms with Crippen LogP contribution in [0.1, 0.15) is 6.42 Å². The van der Waals surface area contributed by atoms with Crippen molar-refractivity contribution in [3.05, 3.63) is 12.7 Å². The summed E-state index contributed by atoms with van der Waals surface area (Å²) in [5, 5.41) is -0.910. The van der Waals surface area contributed by atoms with E-state index in [-0.39, 0.29) is 24.5 Å². The van der Waals surface area contributed by atoms with Crippen LogP contribution >= 0.6 is 0 Å². The third-order valence-electron chi connectivity index (χ3n) is 1.95. The van der Waals surface area contributed by atoms with E-state index in [2.05, 4.69) is 10.8 Å². The van der Waals surface area contributed by atoms with Crippen molar-refractivity contribution >= 4 is 20.0 Å². The average Bonchev–Trinajstić information content (AvgIpc) is 2.43. The number of hydrogen-bond acceptors (Lipinski definition) is 5. The van der Waals surface area contributed by atoms with Gasteiger partial charge in [-0.05, 0) is 6.42 Å². The van der Waals surface area contributed by atoms with Gasteiger partial charge in [0.15, 0.2) is 9.84 Å². The van der Waals surface area contributed by atoms with Crippen molar-refractivity contribution in [1.82, 2.24) is 0 Å². The maximum absolute atomic E-state index is 11.3. The lowest BCUT2D eigenvalue weighted by Crippen LogP contribution is -2.24. The molecule has 0 aliphatic carbocycles. The zero-order valence-corrected chi connectivity index (χ0v) is 9.18. The molecule has 0 aromatic rings. The minimum absolute atomic E-state index is 0.0751. The van der Waals surface area contributed by atoms with E-state index in [9.17, 15) is 16.8 Å². The molecule has 0 aromatic heterocycles. The third kappa shape index (κ3) is 2.79. The van der Waals surface area contributed by atoms with Crippen molar-refractivity contribution in [3.63, 3.8) is 0 Å². The van der Waals surface area contributed by atoms with Crippen LogP contribution in [-0.4, -0.2) is 40.2 Å². The van der Waals surface area contributed by atoms with Gasteiger partial charge in [0.25, 0.3) is 10.1 Å². The van der Waals surface area contributed by atoms with Gasteiger partial charge < -0.3 is 0 Å². The van der Waals surface area contributed by atoms with Crippen LogP contribution in [0.2, 0.25) is 0 Å². The summed E-state index contributed by atoms with van der Waals surface area (Å²) in [6, 6.07) is 0. The van der Waals surface area contributed by atoms with Crippen molar-refractivity contribution in [2.45, 2.75) is 11.7 Å². The summed E-state index contributed by atoms with van der Waals surface area (Å²) in [7, 11) is -6.93. The molecule has 1 aliphatic heterocycles. The van der Waals surface area contributed by atoms with E-state index in [4.69, 9.17) is 0 Å². The van der Waals surface area contributed by atoms with Crippen LogP contribution < -0.4 is 0 Å². The Labute approximate surface area is 83.8 Å². The fourth-order valence-electron chi connectivity index (χ4n) is 1.23. The second-order valence-corrected chi connectivity index (χ2v) is 7.21. The quantitative estimate of drug-likeness (QED) is 0.498. The molecular weight excluding hydrogens is 228 g/mol. The summed E-state index contributed by atoms with van der Waals surface area (Å²) in [6.07, 6.45) is 1.43. The van der Waals surface area contributed by atoms with Crippen LogP contribution in [0.5, 0.6) is 0 Å². The first-order valence-electron chi connectivity index (χ1n) is 4.07. The van der Waals surface area contributed by atoms with Gasteiger partial charge in [-0.15, -0.1) is 6.58 Å². The first-order chi connectivity index (χ1) is 6.37. The zero-order valence-electron chi connectivity index (χ0n) is 7.55. The molecule has 0 aromatic carbocycles. The molecule has 1 saturated heterocycles. The molecule has 0 radical (unpaired) electrons. The van der Waals surface area contributed by atoms with E-state index in [1.54, 1.807) is 0 Å². The summed E-state index contributed by atoms with van der Waals surface area (Å²) in [6.45, 7) is 3.20. The molecule has 7 heteroatoms. The van der Waals surface area contributed by atoms with E-state index >= 15 is 0 Å². The molecule has 0 saturated carbocycles. The van der Waals surface area contributed by atoms with E-state index in [0.717, 1.165) is 0 Å². The van der Waals surface area contributed by atoms with Crippen molar-refractivity contribution in [2.24, 2.45) is 0 Å². The Bertz CT molecular complexity index is 405. The van der Waals surface area contributed by atoms with Gasteiger partial charge in [0.1, 0.15) is 5.25 Å². The molecule has 1 atom stereocenters. The second kappa shape index (κ2) is 4.00. The number of rotatable bonds is 4. The summed E-state index contributed by atoms with van der Waals surface area (Å²) in [5.41, 5.74) is 0. The normalized spacial score (nSPS) is 26.1. The topological polar surface area (TPSA) is 77.5 Å². The van der Waals surface area contributed by atoms with E-state index in [0.29, 0.717) is 0 Å². The summed E-state index contributed by atoms with van der Waals surface area (Å²) >= 11 is 0. The maximum Gasteiger partial charge on any atom is 0.271 e. The lowest BCUT2D eigenvalue weighted by molar-refractivity contribution is 0.351. The molecule has 0 amide bonds. The van der Waals surface area contributed by atoms with Crippen molar-refractivity contribution in [3.8, 4) is 0 Å². The van der Waals surface area contributed by atoms with Gasteiger partial charge in [-0.1, -0.05) is 6.08 Å². The minimum atomic E-state index is -3.74. The first kappa shape index (κ1) is 11.7. The fourth-order valence-corrected chi connectivity index (χ4v) is 5.09. The molecule has 14 heavy (non-hydrogen) atoms. The lowest BCUT2D eigenvalue weighted by Gasteiger charge is -2.07. The minimum Gasteiger partial charge on any atom is -0.266 e. The lowest BCUT2D eigenvalue weighted by atomic mass is 10.4. The van der Waals surface area contributed by atoms with Crippen LogP contribution in [0.4, 0.5) is 0 Å². The standard InChI is InChI=1S/C7H12O5S2/c1-2-4-12-14(10,11)7-3-5-13(8,9)6-7/h2,7H,1,3-6H2/t7-/m0/s1. The zero-order chi connectivity index (χ0) is 10.8. The Morgan fingerprint density at radius 3 is 2.57 bits per heavy atom. The van der Waals surface area contributed by atoms with Gasteiger partial charge in [-0.3, -0.25) is 4.18 Å². The van der Waals surface area contributed by atoms with Gasteiger partial charge in [0.2, 0.25) is 0 Å². The molecule has 0 spiro atoms. The molecular formula is C7H12O5S2.